The lowest BCUT2D eigenvalue weighted by molar-refractivity contribution is -0.385. The number of rotatable bonds is 23. The Morgan fingerprint density at radius 3 is 1.80 bits per heavy atom. The second-order valence-electron chi connectivity index (χ2n) is 15.6. The number of hydrogen-bond donors (Lipinski definition) is 4. The SMILES string of the molecule is COCC1=CC(NC2C(C)OC(OC3C(COC)OC(OC4C(COC)O[C@@H](NC(=O)CN)C(OC)C4OC)C(OC)C3OC)C(C)(OC)C2OC)C(OC)C(OC)C1CO. The number of nitrogens with two attached hydrogens (primary N) is 1. The van der Waals surface area contributed by atoms with E-state index in [2.05, 4.69) is 10.6 Å². The Labute approximate surface area is 359 Å². The molecule has 1 aliphatic carbocycles. The van der Waals surface area contributed by atoms with Crippen LogP contribution in [0.25, 0.3) is 0 Å². The first-order chi connectivity index (χ1) is 29.4. The van der Waals surface area contributed by atoms with E-state index in [9.17, 15) is 9.90 Å². The van der Waals surface area contributed by atoms with Gasteiger partial charge in [0.2, 0.25) is 5.91 Å². The number of amides is 1. The molecule has 19 atom stereocenters. The second-order valence-corrected chi connectivity index (χ2v) is 15.6. The molecule has 18 unspecified atom stereocenters. The topological polar surface area (TPSA) is 235 Å². The highest BCUT2D eigenvalue weighted by Gasteiger charge is 2.59. The summed E-state index contributed by atoms with van der Waals surface area (Å²) >= 11 is 0. The van der Waals surface area contributed by atoms with Gasteiger partial charge in [-0.05, 0) is 19.4 Å². The molecule has 356 valence electrons. The van der Waals surface area contributed by atoms with Crippen LogP contribution < -0.4 is 16.4 Å². The van der Waals surface area contributed by atoms with Gasteiger partial charge in [-0.2, -0.15) is 0 Å². The number of carbonyl (C=O) groups excluding carboxylic acids is 1. The van der Waals surface area contributed by atoms with Crippen molar-refractivity contribution in [3.8, 4) is 0 Å². The van der Waals surface area contributed by atoms with Gasteiger partial charge in [0.1, 0.15) is 66.6 Å². The first-order valence-electron chi connectivity index (χ1n) is 20.4. The molecule has 0 saturated carbocycles. The van der Waals surface area contributed by atoms with E-state index in [4.69, 9.17) is 81.5 Å². The van der Waals surface area contributed by atoms with Crippen LogP contribution in [0.5, 0.6) is 0 Å². The van der Waals surface area contributed by atoms with Crippen LogP contribution in [0, 0.1) is 5.92 Å². The monoisotopic (exact) mass is 883 g/mol. The van der Waals surface area contributed by atoms with Crippen molar-refractivity contribution in [3.63, 3.8) is 0 Å². The Bertz CT molecular complexity index is 1340. The van der Waals surface area contributed by atoms with Crippen molar-refractivity contribution < 1.29 is 85.7 Å². The summed E-state index contributed by atoms with van der Waals surface area (Å²) in [5, 5.41) is 16.8. The van der Waals surface area contributed by atoms with Crippen LogP contribution in [0.4, 0.5) is 0 Å². The Morgan fingerprint density at radius 2 is 1.30 bits per heavy atom. The number of ether oxygens (including phenoxy) is 16. The summed E-state index contributed by atoms with van der Waals surface area (Å²) in [6, 6.07) is -0.859. The van der Waals surface area contributed by atoms with Crippen LogP contribution >= 0.6 is 0 Å². The Kier molecular flexibility index (Phi) is 21.1. The molecule has 0 radical (unpaired) electrons. The number of hydrogen-bond acceptors (Lipinski definition) is 20. The van der Waals surface area contributed by atoms with E-state index in [1.54, 1.807) is 42.7 Å². The molecule has 3 heterocycles. The molecule has 21 nitrogen and oxygen atoms in total. The van der Waals surface area contributed by atoms with E-state index in [0.29, 0.717) is 6.61 Å². The molecule has 61 heavy (non-hydrogen) atoms. The first kappa shape index (κ1) is 52.1. The van der Waals surface area contributed by atoms with E-state index < -0.39 is 116 Å². The number of methoxy groups -OCH3 is 11. The van der Waals surface area contributed by atoms with Crippen molar-refractivity contribution in [3.05, 3.63) is 11.6 Å². The van der Waals surface area contributed by atoms with Gasteiger partial charge < -0.3 is 97.3 Å². The van der Waals surface area contributed by atoms with Gasteiger partial charge in [-0.15, -0.1) is 0 Å². The van der Waals surface area contributed by atoms with Gasteiger partial charge in [0.05, 0.1) is 57.3 Å². The highest BCUT2D eigenvalue weighted by atomic mass is 16.8. The number of aliphatic hydroxyl groups excluding tert-OH is 1. The molecule has 1 amide bonds. The highest BCUT2D eigenvalue weighted by Crippen LogP contribution is 2.40. The maximum atomic E-state index is 12.3. The molecule has 0 spiro atoms. The largest absolute Gasteiger partial charge is 0.396 e. The minimum absolute atomic E-state index is 0.0562. The van der Waals surface area contributed by atoms with E-state index in [-0.39, 0.29) is 32.3 Å². The van der Waals surface area contributed by atoms with Crippen LogP contribution in [0.1, 0.15) is 13.8 Å². The Hall–Kier alpha value is -1.55. The third kappa shape index (κ3) is 11.3. The van der Waals surface area contributed by atoms with Gasteiger partial charge >= 0.3 is 0 Å². The number of carbonyl (C=O) groups is 1. The molecule has 4 rings (SSSR count). The Balaban J connectivity index is 1.63. The minimum atomic E-state index is -1.22. The normalized spacial score (nSPS) is 42.0. The lowest BCUT2D eigenvalue weighted by atomic mass is 9.79. The first-order valence-corrected chi connectivity index (χ1v) is 20.4. The van der Waals surface area contributed by atoms with Crippen molar-refractivity contribution >= 4 is 5.91 Å². The predicted octanol–water partition coefficient (Wildman–Crippen LogP) is -1.65. The van der Waals surface area contributed by atoms with Crippen LogP contribution in [0.15, 0.2) is 11.6 Å². The summed E-state index contributed by atoms with van der Waals surface area (Å²) in [5.74, 6) is -0.765. The maximum absolute atomic E-state index is 12.3. The molecular formula is C40H73N3O18. The van der Waals surface area contributed by atoms with Gasteiger partial charge in [-0.3, -0.25) is 4.79 Å². The molecule has 3 fully saturated rings. The fraction of sp³-hybridized carbons (Fsp3) is 0.925. The lowest BCUT2D eigenvalue weighted by Gasteiger charge is -2.54. The molecule has 0 bridgehead atoms. The zero-order valence-corrected chi connectivity index (χ0v) is 38.0. The van der Waals surface area contributed by atoms with Crippen molar-refractivity contribution in [1.29, 1.82) is 0 Å². The van der Waals surface area contributed by atoms with Crippen LogP contribution in [-0.4, -0.2) is 232 Å². The molecule has 0 aromatic rings. The lowest BCUT2D eigenvalue weighted by Crippen LogP contribution is -2.73. The van der Waals surface area contributed by atoms with Crippen LogP contribution in [0.2, 0.25) is 0 Å². The average Bonchev–Trinajstić information content (AvgIpc) is 3.26. The fourth-order valence-corrected chi connectivity index (χ4v) is 9.22. The number of aliphatic hydroxyl groups is 1. The minimum Gasteiger partial charge on any atom is -0.396 e. The third-order valence-electron chi connectivity index (χ3n) is 12.3. The molecule has 5 N–H and O–H groups in total. The summed E-state index contributed by atoms with van der Waals surface area (Å²) in [5.41, 5.74) is 5.23. The van der Waals surface area contributed by atoms with Gasteiger partial charge in [0.25, 0.3) is 0 Å². The second kappa shape index (κ2) is 24.7. The molecule has 3 saturated heterocycles. The summed E-state index contributed by atoms with van der Waals surface area (Å²) < 4.78 is 98.2. The molecule has 0 aromatic heterocycles. The molecular weight excluding hydrogens is 810 g/mol. The zero-order chi connectivity index (χ0) is 45.0. The quantitative estimate of drug-likeness (QED) is 0.0842. The summed E-state index contributed by atoms with van der Waals surface area (Å²) in [7, 11) is 17.1. The van der Waals surface area contributed by atoms with E-state index in [0.717, 1.165) is 5.57 Å². The zero-order valence-electron chi connectivity index (χ0n) is 38.0. The van der Waals surface area contributed by atoms with Crippen LogP contribution in [0.3, 0.4) is 0 Å². The number of nitrogens with one attached hydrogen (secondary N) is 2. The smallest absolute Gasteiger partial charge is 0.235 e. The van der Waals surface area contributed by atoms with Gasteiger partial charge in [-0.1, -0.05) is 6.08 Å². The Morgan fingerprint density at radius 1 is 0.721 bits per heavy atom. The average molecular weight is 884 g/mol. The summed E-state index contributed by atoms with van der Waals surface area (Å²) in [6.07, 6.45) is -9.73. The van der Waals surface area contributed by atoms with Gasteiger partial charge in [0, 0.05) is 84.1 Å². The van der Waals surface area contributed by atoms with Crippen molar-refractivity contribution in [1.82, 2.24) is 10.6 Å². The van der Waals surface area contributed by atoms with Crippen molar-refractivity contribution in [2.24, 2.45) is 11.7 Å². The fourth-order valence-electron chi connectivity index (χ4n) is 9.22. The van der Waals surface area contributed by atoms with Crippen molar-refractivity contribution in [2.75, 3.05) is 111 Å². The predicted molar refractivity (Wildman–Crippen MR) is 215 cm³/mol. The van der Waals surface area contributed by atoms with E-state index >= 15 is 0 Å². The molecule has 4 aliphatic rings. The molecule has 3 aliphatic heterocycles. The standard InChI is InChI=1S/C40H73N3O18/c1-20-27(42-23-14-21(17-46-3)22(16-44)28(49-6)29(23)50-7)36(55-12)40(2,56-13)39(57-20)61-31-25(19-48-5)59-38(35(54-11)33(31)52-9)60-30-24(18-47-4)58-37(43-26(45)15-41)34(53-10)32(30)51-8/h14,20,22-25,27-39,42,44H,15-19,41H2,1-13H3,(H,43,45)/t20?,22?,23?,24?,25?,27?,28?,29?,30?,31?,32?,33?,34?,35?,36?,37-,38?,39?,40?/m1/s1. The molecule has 21 heteroatoms. The van der Waals surface area contributed by atoms with E-state index in [1.165, 1.54) is 35.5 Å². The van der Waals surface area contributed by atoms with Gasteiger partial charge in [-0.25, -0.2) is 0 Å². The van der Waals surface area contributed by atoms with E-state index in [1.807, 2.05) is 19.9 Å². The maximum Gasteiger partial charge on any atom is 0.235 e. The molecule has 0 aromatic carbocycles. The van der Waals surface area contributed by atoms with Crippen molar-refractivity contribution in [2.45, 2.75) is 124 Å². The summed E-state index contributed by atoms with van der Waals surface area (Å²) in [4.78, 5) is 12.3. The third-order valence-corrected chi connectivity index (χ3v) is 12.3. The summed E-state index contributed by atoms with van der Waals surface area (Å²) in [6.45, 7) is 3.80. The van der Waals surface area contributed by atoms with Crippen LogP contribution in [-0.2, 0) is 80.6 Å². The highest BCUT2D eigenvalue weighted by molar-refractivity contribution is 5.78. The van der Waals surface area contributed by atoms with Gasteiger partial charge in [0.15, 0.2) is 18.8 Å².